The molecule has 0 heterocycles. The lowest BCUT2D eigenvalue weighted by atomic mass is 9.75. The molecule has 1 unspecified atom stereocenters. The van der Waals surface area contributed by atoms with E-state index in [1.165, 1.54) is 12.1 Å². The number of hydrogen-bond donors (Lipinski definition) is 2. The van der Waals surface area contributed by atoms with Gasteiger partial charge in [0.05, 0.1) is 5.69 Å². The molecule has 1 aromatic carbocycles. The lowest BCUT2D eigenvalue weighted by molar-refractivity contribution is 0.0967. The molecule has 4 heteroatoms. The standard InChI is InChI=1S/C15H13NO3/c1-7-3-2-4-8-13(7)15(19)9-5-11(16)12(17)6-10(9)14(8)18/h2,4-7,17H,3,16H2,1H3. The topological polar surface area (TPSA) is 80.4 Å². The van der Waals surface area contributed by atoms with E-state index >= 15 is 0 Å². The molecule has 0 fully saturated rings. The Bertz CT molecular complexity index is 683. The Morgan fingerprint density at radius 3 is 2.63 bits per heavy atom. The summed E-state index contributed by atoms with van der Waals surface area (Å²) in [5.41, 5.74) is 7.25. The number of Topliss-reactive ketones (excluding diaryl/α,β-unsaturated/α-hetero) is 2. The molecule has 4 nitrogen and oxygen atoms in total. The summed E-state index contributed by atoms with van der Waals surface area (Å²) in [5, 5.41) is 9.60. The number of benzene rings is 1. The van der Waals surface area contributed by atoms with Gasteiger partial charge in [-0.15, -0.1) is 0 Å². The van der Waals surface area contributed by atoms with E-state index in [1.54, 1.807) is 6.08 Å². The molecule has 0 saturated carbocycles. The summed E-state index contributed by atoms with van der Waals surface area (Å²) in [6.45, 7) is 1.93. The van der Waals surface area contributed by atoms with Crippen LogP contribution in [-0.4, -0.2) is 16.7 Å². The van der Waals surface area contributed by atoms with Gasteiger partial charge in [0.15, 0.2) is 11.6 Å². The van der Waals surface area contributed by atoms with Gasteiger partial charge in [-0.25, -0.2) is 0 Å². The fourth-order valence-corrected chi connectivity index (χ4v) is 2.68. The zero-order chi connectivity index (χ0) is 13.7. The molecule has 96 valence electrons. The maximum absolute atomic E-state index is 12.5. The number of carbonyl (C=O) groups is 2. The lowest BCUT2D eigenvalue weighted by Gasteiger charge is -2.26. The van der Waals surface area contributed by atoms with Crippen molar-refractivity contribution in [1.29, 1.82) is 0 Å². The fraction of sp³-hybridized carbons (Fsp3) is 0.200. The van der Waals surface area contributed by atoms with E-state index in [1.807, 2.05) is 13.0 Å². The number of carbonyl (C=O) groups excluding carboxylic acids is 2. The number of phenolic OH excluding ortho intramolecular Hbond substituents is 1. The SMILES string of the molecule is CC1CC=CC2=C1C(=O)c1cc(N)c(O)cc1C2=O. The van der Waals surface area contributed by atoms with Crippen molar-refractivity contribution in [2.45, 2.75) is 13.3 Å². The molecule has 0 saturated heterocycles. The minimum Gasteiger partial charge on any atom is -0.506 e. The smallest absolute Gasteiger partial charge is 0.194 e. The first kappa shape index (κ1) is 11.7. The fourth-order valence-electron chi connectivity index (χ4n) is 2.68. The van der Waals surface area contributed by atoms with Crippen LogP contribution in [0.3, 0.4) is 0 Å². The monoisotopic (exact) mass is 255 g/mol. The van der Waals surface area contributed by atoms with Crippen LogP contribution in [0.1, 0.15) is 34.1 Å². The van der Waals surface area contributed by atoms with Crippen molar-refractivity contribution in [2.75, 3.05) is 5.73 Å². The summed E-state index contributed by atoms with van der Waals surface area (Å²) in [6.07, 6.45) is 4.35. The number of nitrogens with two attached hydrogens (primary N) is 1. The summed E-state index contributed by atoms with van der Waals surface area (Å²) in [4.78, 5) is 24.9. The van der Waals surface area contributed by atoms with Gasteiger partial charge in [-0.1, -0.05) is 19.1 Å². The summed E-state index contributed by atoms with van der Waals surface area (Å²) in [7, 11) is 0. The van der Waals surface area contributed by atoms with Crippen LogP contribution in [0.15, 0.2) is 35.4 Å². The number of ketones is 2. The van der Waals surface area contributed by atoms with Crippen molar-refractivity contribution >= 4 is 17.3 Å². The van der Waals surface area contributed by atoms with Crippen LogP contribution in [0.5, 0.6) is 5.75 Å². The molecule has 1 atom stereocenters. The molecule has 2 aliphatic rings. The lowest BCUT2D eigenvalue weighted by Crippen LogP contribution is -2.26. The van der Waals surface area contributed by atoms with Crippen LogP contribution in [0.4, 0.5) is 5.69 Å². The molecule has 0 aliphatic heterocycles. The second-order valence-electron chi connectivity index (χ2n) is 4.98. The largest absolute Gasteiger partial charge is 0.506 e. The zero-order valence-corrected chi connectivity index (χ0v) is 10.4. The highest BCUT2D eigenvalue weighted by molar-refractivity contribution is 6.28. The van der Waals surface area contributed by atoms with Gasteiger partial charge < -0.3 is 10.8 Å². The van der Waals surface area contributed by atoms with E-state index in [-0.39, 0.29) is 34.5 Å². The Hall–Kier alpha value is -2.36. The first-order valence-corrected chi connectivity index (χ1v) is 6.13. The number of fused-ring (bicyclic) bond motifs is 1. The first-order valence-electron chi connectivity index (χ1n) is 6.13. The van der Waals surface area contributed by atoms with E-state index in [0.29, 0.717) is 16.7 Å². The molecule has 19 heavy (non-hydrogen) atoms. The summed E-state index contributed by atoms with van der Waals surface area (Å²) >= 11 is 0. The van der Waals surface area contributed by atoms with E-state index < -0.39 is 0 Å². The number of anilines is 1. The maximum Gasteiger partial charge on any atom is 0.194 e. The van der Waals surface area contributed by atoms with Gasteiger partial charge >= 0.3 is 0 Å². The Morgan fingerprint density at radius 1 is 1.21 bits per heavy atom. The van der Waals surface area contributed by atoms with E-state index in [2.05, 4.69) is 0 Å². The van der Waals surface area contributed by atoms with E-state index in [9.17, 15) is 14.7 Å². The summed E-state index contributed by atoms with van der Waals surface area (Å²) < 4.78 is 0. The van der Waals surface area contributed by atoms with Crippen molar-refractivity contribution in [1.82, 2.24) is 0 Å². The molecular weight excluding hydrogens is 242 g/mol. The third kappa shape index (κ3) is 1.53. The summed E-state index contributed by atoms with van der Waals surface area (Å²) in [6, 6.07) is 2.67. The molecule has 0 amide bonds. The Morgan fingerprint density at radius 2 is 1.89 bits per heavy atom. The van der Waals surface area contributed by atoms with Gasteiger partial charge in [0.25, 0.3) is 0 Å². The highest BCUT2D eigenvalue weighted by Crippen LogP contribution is 2.37. The molecule has 3 rings (SSSR count). The number of aromatic hydroxyl groups is 1. The normalized spacial score (nSPS) is 21.4. The van der Waals surface area contributed by atoms with E-state index in [0.717, 1.165) is 6.42 Å². The number of nitrogen functional groups attached to an aromatic ring is 1. The summed E-state index contributed by atoms with van der Waals surface area (Å²) in [5.74, 6) is -0.521. The van der Waals surface area contributed by atoms with Gasteiger partial charge in [-0.3, -0.25) is 9.59 Å². The second-order valence-corrected chi connectivity index (χ2v) is 4.98. The molecule has 0 aromatic heterocycles. The van der Waals surface area contributed by atoms with Crippen molar-refractivity contribution in [3.8, 4) is 5.75 Å². The minimum atomic E-state index is -0.220. The molecule has 2 aliphatic carbocycles. The Balaban J connectivity index is 2.28. The quantitative estimate of drug-likeness (QED) is 0.550. The van der Waals surface area contributed by atoms with Crippen LogP contribution >= 0.6 is 0 Å². The average molecular weight is 255 g/mol. The predicted molar refractivity (Wildman–Crippen MR) is 71.1 cm³/mol. The maximum atomic E-state index is 12.5. The number of hydrogen-bond acceptors (Lipinski definition) is 4. The highest BCUT2D eigenvalue weighted by Gasteiger charge is 2.35. The Kier molecular flexibility index (Phi) is 2.35. The number of allylic oxidation sites excluding steroid dienone is 4. The van der Waals surface area contributed by atoms with Crippen LogP contribution in [0, 0.1) is 5.92 Å². The third-order valence-corrected chi connectivity index (χ3v) is 3.70. The minimum absolute atomic E-state index is 0.0274. The van der Waals surface area contributed by atoms with Crippen LogP contribution in [0.25, 0.3) is 0 Å². The average Bonchev–Trinajstić information content (AvgIpc) is 2.38. The van der Waals surface area contributed by atoms with Gasteiger partial charge in [0, 0.05) is 22.3 Å². The number of phenols is 1. The molecule has 3 N–H and O–H groups in total. The highest BCUT2D eigenvalue weighted by atomic mass is 16.3. The van der Waals surface area contributed by atoms with Crippen molar-refractivity contribution in [3.05, 3.63) is 46.6 Å². The second kappa shape index (κ2) is 3.82. The van der Waals surface area contributed by atoms with Gasteiger partial charge in [-0.2, -0.15) is 0 Å². The van der Waals surface area contributed by atoms with Crippen LogP contribution < -0.4 is 5.73 Å². The van der Waals surface area contributed by atoms with Crippen molar-refractivity contribution in [2.24, 2.45) is 5.92 Å². The molecule has 0 spiro atoms. The van der Waals surface area contributed by atoms with Gasteiger partial charge in [0.1, 0.15) is 5.75 Å². The molecule has 1 aromatic rings. The Labute approximate surface area is 110 Å². The van der Waals surface area contributed by atoms with E-state index in [4.69, 9.17) is 5.73 Å². The van der Waals surface area contributed by atoms with Crippen molar-refractivity contribution < 1.29 is 14.7 Å². The zero-order valence-electron chi connectivity index (χ0n) is 10.4. The molecule has 0 radical (unpaired) electrons. The third-order valence-electron chi connectivity index (χ3n) is 3.70. The van der Waals surface area contributed by atoms with Crippen molar-refractivity contribution in [3.63, 3.8) is 0 Å². The number of rotatable bonds is 0. The molecular formula is C15H13NO3. The van der Waals surface area contributed by atoms with Crippen LogP contribution in [0.2, 0.25) is 0 Å². The van der Waals surface area contributed by atoms with Gasteiger partial charge in [-0.05, 0) is 24.5 Å². The molecule has 0 bridgehead atoms. The first-order chi connectivity index (χ1) is 9.00. The van der Waals surface area contributed by atoms with Crippen LogP contribution in [-0.2, 0) is 0 Å². The predicted octanol–water partition coefficient (Wildman–Crippen LogP) is 2.25. The van der Waals surface area contributed by atoms with Gasteiger partial charge in [0.2, 0.25) is 0 Å².